The SMILES string of the molecule is CCCNC1C(C(C)C)C(c2ccccc2)C1(C)C. The Morgan fingerprint density at radius 1 is 1.16 bits per heavy atom. The first-order valence-electron chi connectivity index (χ1n) is 7.78. The highest BCUT2D eigenvalue weighted by molar-refractivity contribution is 5.30. The molecule has 0 spiro atoms. The number of hydrogen-bond acceptors (Lipinski definition) is 1. The Morgan fingerprint density at radius 3 is 2.32 bits per heavy atom. The zero-order chi connectivity index (χ0) is 14.0. The highest BCUT2D eigenvalue weighted by Crippen LogP contribution is 2.59. The van der Waals surface area contributed by atoms with Gasteiger partial charge in [0.25, 0.3) is 0 Å². The molecule has 0 heterocycles. The van der Waals surface area contributed by atoms with Crippen LogP contribution in [-0.2, 0) is 0 Å². The average molecular weight is 259 g/mol. The van der Waals surface area contributed by atoms with E-state index in [9.17, 15) is 0 Å². The van der Waals surface area contributed by atoms with Crippen molar-refractivity contribution in [3.05, 3.63) is 35.9 Å². The van der Waals surface area contributed by atoms with Crippen LogP contribution in [0.5, 0.6) is 0 Å². The monoisotopic (exact) mass is 259 g/mol. The van der Waals surface area contributed by atoms with Gasteiger partial charge in [-0.3, -0.25) is 0 Å². The molecule has 3 atom stereocenters. The third-order valence-corrected chi connectivity index (χ3v) is 4.92. The molecule has 0 radical (unpaired) electrons. The Hall–Kier alpha value is -0.820. The fourth-order valence-corrected chi connectivity index (χ4v) is 4.04. The van der Waals surface area contributed by atoms with Gasteiger partial charge in [-0.25, -0.2) is 0 Å². The Balaban J connectivity index is 2.23. The fourth-order valence-electron chi connectivity index (χ4n) is 4.04. The number of benzene rings is 1. The van der Waals surface area contributed by atoms with Crippen molar-refractivity contribution in [1.82, 2.24) is 5.32 Å². The van der Waals surface area contributed by atoms with Crippen LogP contribution < -0.4 is 5.32 Å². The lowest BCUT2D eigenvalue weighted by molar-refractivity contribution is -0.0365. The highest BCUT2D eigenvalue weighted by atomic mass is 15.0. The molecule has 3 unspecified atom stereocenters. The van der Waals surface area contributed by atoms with Crippen LogP contribution in [0.25, 0.3) is 0 Å². The Morgan fingerprint density at radius 2 is 1.79 bits per heavy atom. The molecular formula is C18H29N. The van der Waals surface area contributed by atoms with Crippen LogP contribution in [0.4, 0.5) is 0 Å². The standard InChI is InChI=1S/C18H29N/c1-6-12-19-17-15(13(2)3)16(18(17,4)5)14-10-8-7-9-11-14/h7-11,13,15-17,19H,6,12H2,1-5H3. The van der Waals surface area contributed by atoms with Gasteiger partial charge in [0.15, 0.2) is 0 Å². The van der Waals surface area contributed by atoms with Gasteiger partial charge in [-0.05, 0) is 41.7 Å². The van der Waals surface area contributed by atoms with Crippen molar-refractivity contribution in [2.75, 3.05) is 6.54 Å². The summed E-state index contributed by atoms with van der Waals surface area (Å²) in [5.41, 5.74) is 1.87. The highest BCUT2D eigenvalue weighted by Gasteiger charge is 2.56. The second kappa shape index (κ2) is 5.66. The molecule has 1 aromatic rings. The van der Waals surface area contributed by atoms with Crippen molar-refractivity contribution in [3.8, 4) is 0 Å². The first-order valence-corrected chi connectivity index (χ1v) is 7.78. The van der Waals surface area contributed by atoms with Crippen molar-refractivity contribution < 1.29 is 0 Å². The first-order chi connectivity index (χ1) is 9.00. The minimum absolute atomic E-state index is 0.353. The fraction of sp³-hybridized carbons (Fsp3) is 0.667. The molecule has 1 aromatic carbocycles. The van der Waals surface area contributed by atoms with Gasteiger partial charge in [-0.1, -0.05) is 65.0 Å². The van der Waals surface area contributed by atoms with Crippen LogP contribution in [0.2, 0.25) is 0 Å². The molecule has 0 bridgehead atoms. The normalized spacial score (nSPS) is 29.3. The maximum Gasteiger partial charge on any atom is 0.0161 e. The maximum absolute atomic E-state index is 3.79. The second-order valence-corrected chi connectivity index (χ2v) is 6.96. The van der Waals surface area contributed by atoms with E-state index in [1.165, 1.54) is 12.0 Å². The summed E-state index contributed by atoms with van der Waals surface area (Å²) in [4.78, 5) is 0. The molecule has 2 rings (SSSR count). The largest absolute Gasteiger partial charge is 0.313 e. The number of hydrogen-bond donors (Lipinski definition) is 1. The van der Waals surface area contributed by atoms with Gasteiger partial charge in [0.1, 0.15) is 0 Å². The van der Waals surface area contributed by atoms with E-state index in [1.54, 1.807) is 0 Å². The summed E-state index contributed by atoms with van der Waals surface area (Å²) in [7, 11) is 0. The van der Waals surface area contributed by atoms with Crippen molar-refractivity contribution >= 4 is 0 Å². The van der Waals surface area contributed by atoms with E-state index in [-0.39, 0.29) is 0 Å². The molecule has 0 aliphatic heterocycles. The molecule has 1 fully saturated rings. The summed E-state index contributed by atoms with van der Waals surface area (Å²) in [6, 6.07) is 11.7. The predicted octanol–water partition coefficient (Wildman–Crippen LogP) is 4.45. The average Bonchev–Trinajstić information content (AvgIpc) is 2.37. The van der Waals surface area contributed by atoms with Crippen LogP contribution in [0.1, 0.15) is 52.5 Å². The van der Waals surface area contributed by atoms with Gasteiger partial charge in [0, 0.05) is 6.04 Å². The molecule has 1 saturated carbocycles. The molecule has 106 valence electrons. The Kier molecular flexibility index (Phi) is 4.35. The molecular weight excluding hydrogens is 230 g/mol. The number of rotatable bonds is 5. The quantitative estimate of drug-likeness (QED) is 0.823. The van der Waals surface area contributed by atoms with Gasteiger partial charge in [0.2, 0.25) is 0 Å². The molecule has 1 aliphatic rings. The van der Waals surface area contributed by atoms with Gasteiger partial charge < -0.3 is 5.32 Å². The molecule has 1 heteroatoms. The molecule has 0 amide bonds. The zero-order valence-electron chi connectivity index (χ0n) is 13.1. The van der Waals surface area contributed by atoms with E-state index in [0.29, 0.717) is 17.4 Å². The molecule has 0 aromatic heterocycles. The molecule has 1 N–H and O–H groups in total. The van der Waals surface area contributed by atoms with Gasteiger partial charge >= 0.3 is 0 Å². The summed E-state index contributed by atoms with van der Waals surface area (Å²) >= 11 is 0. The van der Waals surface area contributed by atoms with Crippen LogP contribution in [0.15, 0.2) is 30.3 Å². The van der Waals surface area contributed by atoms with Crippen LogP contribution in [-0.4, -0.2) is 12.6 Å². The zero-order valence-corrected chi connectivity index (χ0v) is 13.1. The maximum atomic E-state index is 3.79. The van der Waals surface area contributed by atoms with Crippen molar-refractivity contribution in [1.29, 1.82) is 0 Å². The topological polar surface area (TPSA) is 12.0 Å². The van der Waals surface area contributed by atoms with Gasteiger partial charge in [-0.2, -0.15) is 0 Å². The molecule has 1 aliphatic carbocycles. The first kappa shape index (κ1) is 14.6. The van der Waals surface area contributed by atoms with Crippen molar-refractivity contribution in [3.63, 3.8) is 0 Å². The summed E-state index contributed by atoms with van der Waals surface area (Å²) < 4.78 is 0. The lowest BCUT2D eigenvalue weighted by atomic mass is 9.47. The van der Waals surface area contributed by atoms with Crippen LogP contribution in [0.3, 0.4) is 0 Å². The van der Waals surface area contributed by atoms with Crippen molar-refractivity contribution in [2.45, 2.75) is 53.0 Å². The Labute approximate surface area is 118 Å². The predicted molar refractivity (Wildman–Crippen MR) is 83.4 cm³/mol. The Bertz CT molecular complexity index is 393. The van der Waals surface area contributed by atoms with E-state index >= 15 is 0 Å². The van der Waals surface area contributed by atoms with E-state index < -0.39 is 0 Å². The molecule has 1 nitrogen and oxygen atoms in total. The summed E-state index contributed by atoms with van der Waals surface area (Å²) in [5.74, 6) is 2.17. The van der Waals surface area contributed by atoms with E-state index in [4.69, 9.17) is 0 Å². The lowest BCUT2D eigenvalue weighted by Gasteiger charge is -2.61. The lowest BCUT2D eigenvalue weighted by Crippen LogP contribution is -2.64. The summed E-state index contributed by atoms with van der Waals surface area (Å²) in [6.45, 7) is 13.0. The van der Waals surface area contributed by atoms with Gasteiger partial charge in [0.05, 0.1) is 0 Å². The van der Waals surface area contributed by atoms with E-state index in [0.717, 1.165) is 18.4 Å². The second-order valence-electron chi connectivity index (χ2n) is 6.96. The molecule has 0 saturated heterocycles. The van der Waals surface area contributed by atoms with Crippen molar-refractivity contribution in [2.24, 2.45) is 17.3 Å². The minimum atomic E-state index is 0.353. The third kappa shape index (κ3) is 2.58. The van der Waals surface area contributed by atoms with E-state index in [1.807, 2.05) is 0 Å². The smallest absolute Gasteiger partial charge is 0.0161 e. The molecule has 19 heavy (non-hydrogen) atoms. The third-order valence-electron chi connectivity index (χ3n) is 4.92. The minimum Gasteiger partial charge on any atom is -0.313 e. The van der Waals surface area contributed by atoms with Crippen LogP contribution >= 0.6 is 0 Å². The van der Waals surface area contributed by atoms with E-state index in [2.05, 4.69) is 70.3 Å². The van der Waals surface area contributed by atoms with Gasteiger partial charge in [-0.15, -0.1) is 0 Å². The van der Waals surface area contributed by atoms with Crippen LogP contribution in [0, 0.1) is 17.3 Å². The summed E-state index contributed by atoms with van der Waals surface area (Å²) in [5, 5.41) is 3.79. The number of nitrogens with one attached hydrogen (secondary N) is 1. The summed E-state index contributed by atoms with van der Waals surface area (Å²) in [6.07, 6.45) is 1.22.